The summed E-state index contributed by atoms with van der Waals surface area (Å²) in [7, 11) is 1.70. The van der Waals surface area contributed by atoms with Gasteiger partial charge in [-0.05, 0) is 103 Å². The first-order valence-electron chi connectivity index (χ1n) is 13.1. The van der Waals surface area contributed by atoms with Gasteiger partial charge in [0.25, 0.3) is 0 Å². The Balaban J connectivity index is 0.00000216. The molecule has 0 spiro atoms. The van der Waals surface area contributed by atoms with E-state index in [1.807, 2.05) is 12.1 Å². The highest BCUT2D eigenvalue weighted by atomic mass is 35.5. The van der Waals surface area contributed by atoms with Crippen LogP contribution >= 0.6 is 24.8 Å². The van der Waals surface area contributed by atoms with E-state index in [1.165, 1.54) is 43.2 Å². The molecule has 3 nitrogen and oxygen atoms in total. The van der Waals surface area contributed by atoms with Gasteiger partial charge in [0.1, 0.15) is 5.75 Å². The summed E-state index contributed by atoms with van der Waals surface area (Å²) in [6, 6.07) is 16.1. The molecular formula is C30H46Cl2N2O. The molecule has 1 saturated carbocycles. The molecule has 2 aromatic carbocycles. The number of hydrogen-bond acceptors (Lipinski definition) is 3. The Hall–Kier alpha value is -1.26. The maximum Gasteiger partial charge on any atom is 0.118 e. The standard InChI is InChI=1S/C30H44N2O.2ClH/c1-20(2)23-10-14-27-24(19-23)11-15-28-26(7-6-17-30(27,28)4)21(3)32-18-16-29(31)22-8-12-25(33-5)13-9-22;;/h8-10,12-14,19-21,26,28-29,32H,6-7,11,15-18,31H2,1-5H3;2*1H. The molecule has 5 heteroatoms. The summed E-state index contributed by atoms with van der Waals surface area (Å²) < 4.78 is 5.27. The van der Waals surface area contributed by atoms with E-state index >= 15 is 0 Å². The van der Waals surface area contributed by atoms with Crippen molar-refractivity contribution in [2.75, 3.05) is 13.7 Å². The average molecular weight is 522 g/mol. The number of rotatable bonds is 8. The van der Waals surface area contributed by atoms with Crippen molar-refractivity contribution in [3.8, 4) is 5.75 Å². The first-order valence-corrected chi connectivity index (χ1v) is 13.1. The van der Waals surface area contributed by atoms with E-state index < -0.39 is 0 Å². The van der Waals surface area contributed by atoms with Gasteiger partial charge < -0.3 is 15.8 Å². The topological polar surface area (TPSA) is 47.3 Å². The lowest BCUT2D eigenvalue weighted by Gasteiger charge is -2.52. The zero-order valence-corrected chi connectivity index (χ0v) is 23.8. The predicted octanol–water partition coefficient (Wildman–Crippen LogP) is 7.35. The van der Waals surface area contributed by atoms with Crippen LogP contribution in [0.5, 0.6) is 5.75 Å². The van der Waals surface area contributed by atoms with E-state index in [9.17, 15) is 0 Å². The molecule has 0 aliphatic heterocycles. The second kappa shape index (κ2) is 12.8. The molecule has 0 aromatic heterocycles. The van der Waals surface area contributed by atoms with Crippen molar-refractivity contribution in [1.29, 1.82) is 0 Å². The second-order valence-electron chi connectivity index (χ2n) is 11.1. The van der Waals surface area contributed by atoms with Gasteiger partial charge >= 0.3 is 0 Å². The number of fused-ring (bicyclic) bond motifs is 3. The maximum absolute atomic E-state index is 6.48. The number of hydrogen-bond donors (Lipinski definition) is 2. The highest BCUT2D eigenvalue weighted by Crippen LogP contribution is 2.53. The van der Waals surface area contributed by atoms with Crippen LogP contribution in [0.1, 0.15) is 94.0 Å². The van der Waals surface area contributed by atoms with E-state index in [1.54, 1.807) is 18.2 Å². The zero-order chi connectivity index (χ0) is 23.6. The van der Waals surface area contributed by atoms with Crippen LogP contribution in [-0.2, 0) is 11.8 Å². The number of halogens is 2. The van der Waals surface area contributed by atoms with Gasteiger partial charge in [0, 0.05) is 12.1 Å². The molecule has 2 aliphatic carbocycles. The third-order valence-electron chi connectivity index (χ3n) is 8.81. The molecule has 0 saturated heterocycles. The average Bonchev–Trinajstić information content (AvgIpc) is 2.82. The van der Waals surface area contributed by atoms with Gasteiger partial charge in [0.15, 0.2) is 0 Å². The van der Waals surface area contributed by atoms with Gasteiger partial charge in [-0.25, -0.2) is 0 Å². The molecule has 2 aromatic rings. The van der Waals surface area contributed by atoms with E-state index in [2.05, 4.69) is 63.3 Å². The summed E-state index contributed by atoms with van der Waals surface area (Å²) in [5.41, 5.74) is 12.7. The molecule has 4 rings (SSSR count). The Kier molecular flexibility index (Phi) is 11.0. The van der Waals surface area contributed by atoms with Crippen LogP contribution in [0, 0.1) is 11.8 Å². The molecule has 196 valence electrons. The SMILES string of the molecule is COc1ccc(C(N)CCNC(C)C2CCCC3(C)c4ccc(C(C)C)cc4CCC23)cc1.Cl.Cl. The quantitative estimate of drug-likeness (QED) is 0.382. The summed E-state index contributed by atoms with van der Waals surface area (Å²) in [5.74, 6) is 2.99. The predicted molar refractivity (Wildman–Crippen MR) is 154 cm³/mol. The molecule has 0 radical (unpaired) electrons. The zero-order valence-electron chi connectivity index (χ0n) is 22.2. The number of nitrogens with two attached hydrogens (primary N) is 1. The first-order chi connectivity index (χ1) is 15.8. The van der Waals surface area contributed by atoms with Crippen molar-refractivity contribution in [3.05, 3.63) is 64.7 Å². The molecule has 3 N–H and O–H groups in total. The maximum atomic E-state index is 6.48. The first kappa shape index (κ1) is 30.0. The number of nitrogens with one attached hydrogen (secondary N) is 1. The van der Waals surface area contributed by atoms with Crippen LogP contribution in [0.25, 0.3) is 0 Å². The van der Waals surface area contributed by atoms with Gasteiger partial charge in [-0.15, -0.1) is 24.8 Å². The van der Waals surface area contributed by atoms with Crippen molar-refractivity contribution in [2.45, 2.75) is 89.6 Å². The smallest absolute Gasteiger partial charge is 0.118 e. The summed E-state index contributed by atoms with van der Waals surface area (Å²) >= 11 is 0. The normalized spacial score (nSPS) is 24.9. The fourth-order valence-corrected chi connectivity index (χ4v) is 6.71. The molecule has 5 unspecified atom stereocenters. The third kappa shape index (κ3) is 6.36. The number of benzene rings is 2. The lowest BCUT2D eigenvalue weighted by molar-refractivity contribution is 0.0827. The Morgan fingerprint density at radius 1 is 1.03 bits per heavy atom. The van der Waals surface area contributed by atoms with E-state index in [4.69, 9.17) is 10.5 Å². The molecule has 0 heterocycles. The van der Waals surface area contributed by atoms with Gasteiger partial charge in [-0.3, -0.25) is 0 Å². The lowest BCUT2D eigenvalue weighted by Crippen LogP contribution is -2.50. The van der Waals surface area contributed by atoms with Crippen LogP contribution in [0.4, 0.5) is 0 Å². The van der Waals surface area contributed by atoms with Gasteiger partial charge in [0.2, 0.25) is 0 Å². The third-order valence-corrected chi connectivity index (χ3v) is 8.81. The van der Waals surface area contributed by atoms with Crippen LogP contribution < -0.4 is 15.8 Å². The van der Waals surface area contributed by atoms with Crippen molar-refractivity contribution in [1.82, 2.24) is 5.32 Å². The Morgan fingerprint density at radius 3 is 2.37 bits per heavy atom. The molecule has 5 atom stereocenters. The number of ether oxygens (including phenoxy) is 1. The Bertz CT molecular complexity index is 932. The lowest BCUT2D eigenvalue weighted by atomic mass is 9.53. The van der Waals surface area contributed by atoms with Crippen molar-refractivity contribution >= 4 is 24.8 Å². The summed E-state index contributed by atoms with van der Waals surface area (Å²) in [6.45, 7) is 10.5. The van der Waals surface area contributed by atoms with Crippen LogP contribution in [0.2, 0.25) is 0 Å². The highest BCUT2D eigenvalue weighted by Gasteiger charge is 2.47. The van der Waals surface area contributed by atoms with Crippen molar-refractivity contribution in [3.63, 3.8) is 0 Å². The van der Waals surface area contributed by atoms with E-state index in [0.717, 1.165) is 30.6 Å². The summed E-state index contributed by atoms with van der Waals surface area (Å²) in [4.78, 5) is 0. The van der Waals surface area contributed by atoms with Crippen LogP contribution in [0.15, 0.2) is 42.5 Å². The van der Waals surface area contributed by atoms with Crippen LogP contribution in [-0.4, -0.2) is 19.7 Å². The number of methoxy groups -OCH3 is 1. The summed E-state index contributed by atoms with van der Waals surface area (Å²) in [5, 5.41) is 3.87. The molecule has 35 heavy (non-hydrogen) atoms. The fourth-order valence-electron chi connectivity index (χ4n) is 6.71. The minimum Gasteiger partial charge on any atom is -0.497 e. The Morgan fingerprint density at radius 2 is 1.71 bits per heavy atom. The van der Waals surface area contributed by atoms with Gasteiger partial charge in [-0.2, -0.15) is 0 Å². The largest absolute Gasteiger partial charge is 0.497 e. The second-order valence-corrected chi connectivity index (χ2v) is 11.1. The Labute approximate surface area is 225 Å². The molecule has 1 fully saturated rings. The van der Waals surface area contributed by atoms with E-state index in [0.29, 0.717) is 17.4 Å². The van der Waals surface area contributed by atoms with Gasteiger partial charge in [0.05, 0.1) is 7.11 Å². The van der Waals surface area contributed by atoms with Crippen molar-refractivity contribution in [2.24, 2.45) is 17.6 Å². The molecule has 0 bridgehead atoms. The monoisotopic (exact) mass is 520 g/mol. The van der Waals surface area contributed by atoms with E-state index in [-0.39, 0.29) is 30.9 Å². The molecule has 2 aliphatic rings. The minimum atomic E-state index is 0. The molecule has 0 amide bonds. The number of aryl methyl sites for hydroxylation is 1. The fraction of sp³-hybridized carbons (Fsp3) is 0.600. The molecular weight excluding hydrogens is 475 g/mol. The van der Waals surface area contributed by atoms with Gasteiger partial charge in [-0.1, -0.05) is 57.5 Å². The van der Waals surface area contributed by atoms with Crippen LogP contribution in [0.3, 0.4) is 0 Å². The van der Waals surface area contributed by atoms with Crippen molar-refractivity contribution < 1.29 is 4.74 Å². The highest BCUT2D eigenvalue weighted by molar-refractivity contribution is 5.85. The summed E-state index contributed by atoms with van der Waals surface area (Å²) in [6.07, 6.45) is 7.52. The minimum absolute atomic E-state index is 0.